The molecule has 0 unspecified atom stereocenters. The van der Waals surface area contributed by atoms with Crippen LogP contribution in [0.5, 0.6) is 0 Å². The first-order valence-electron chi connectivity index (χ1n) is 10.3. The summed E-state index contributed by atoms with van der Waals surface area (Å²) in [4.78, 5) is 1.58. The van der Waals surface area contributed by atoms with Gasteiger partial charge in [0, 0.05) is 0 Å². The Hall–Kier alpha value is -1.60. The summed E-state index contributed by atoms with van der Waals surface area (Å²) in [7, 11) is 0. The molecule has 0 N–H and O–H groups in total. The van der Waals surface area contributed by atoms with Crippen molar-refractivity contribution in [3.05, 3.63) is 70.9 Å². The Morgan fingerprint density at radius 1 is 0.588 bits per heavy atom. The van der Waals surface area contributed by atoms with Crippen LogP contribution >= 0.6 is 45.3 Å². The number of hydrogen-bond donors (Lipinski definition) is 0. The van der Waals surface area contributed by atoms with Crippen molar-refractivity contribution in [2.24, 2.45) is 0 Å². The van der Waals surface area contributed by atoms with E-state index in [0.717, 1.165) is 18.6 Å². The Labute approximate surface area is 219 Å². The summed E-state index contributed by atoms with van der Waals surface area (Å²) in [5.41, 5.74) is 0. The molecule has 34 heavy (non-hydrogen) atoms. The van der Waals surface area contributed by atoms with E-state index in [1.807, 2.05) is 33.4 Å². The molecule has 0 saturated heterocycles. The molecular formula is C26H10F2S4Se2. The Morgan fingerprint density at radius 3 is 1.47 bits per heavy atom. The van der Waals surface area contributed by atoms with Crippen LogP contribution in [0.25, 0.3) is 67.5 Å². The Balaban J connectivity index is 1.33. The third kappa shape index (κ3) is 2.95. The molecule has 0 atom stereocenters. The Morgan fingerprint density at radius 2 is 1.06 bits per heavy atom. The molecule has 0 nitrogen and oxygen atoms in total. The summed E-state index contributed by atoms with van der Waals surface area (Å²) in [5, 5.41) is 8.79. The van der Waals surface area contributed by atoms with Crippen molar-refractivity contribution in [2.45, 2.75) is 0 Å². The SMILES string of the molecule is Fc1ccsc1-c1cc2cc3sc4c5cc6[se]c(-c7sccc7F)cc6cc5sc4c3cc2[se]1. The predicted molar refractivity (Wildman–Crippen MR) is 150 cm³/mol. The van der Waals surface area contributed by atoms with E-state index in [-0.39, 0.29) is 40.6 Å². The molecule has 8 rings (SSSR count). The quantitative estimate of drug-likeness (QED) is 0.164. The molecule has 0 radical (unpaired) electrons. The molecule has 0 saturated carbocycles. The van der Waals surface area contributed by atoms with E-state index in [4.69, 9.17) is 0 Å². The molecule has 6 heterocycles. The van der Waals surface area contributed by atoms with Crippen molar-refractivity contribution >= 4 is 123 Å². The fourth-order valence-electron chi connectivity index (χ4n) is 4.49. The average molecular weight is 647 g/mol. The van der Waals surface area contributed by atoms with Crippen LogP contribution in [0.3, 0.4) is 0 Å². The molecule has 164 valence electrons. The maximum atomic E-state index is 14.2. The molecule has 8 heteroatoms. The third-order valence-corrected chi connectivity index (χ3v) is 15.6. The van der Waals surface area contributed by atoms with Gasteiger partial charge in [-0.3, -0.25) is 0 Å². The van der Waals surface area contributed by atoms with Gasteiger partial charge in [0.2, 0.25) is 0 Å². The molecule has 0 spiro atoms. The number of fused-ring (bicyclic) bond motifs is 7. The second-order valence-electron chi connectivity index (χ2n) is 8.05. The Bertz CT molecular complexity index is 1910. The molecule has 2 aromatic carbocycles. The van der Waals surface area contributed by atoms with Gasteiger partial charge >= 0.3 is 222 Å². The maximum absolute atomic E-state index is 14.2. The van der Waals surface area contributed by atoms with Crippen LogP contribution in [0.4, 0.5) is 8.78 Å². The van der Waals surface area contributed by atoms with Gasteiger partial charge in [0.25, 0.3) is 0 Å². The van der Waals surface area contributed by atoms with E-state index < -0.39 is 0 Å². The van der Waals surface area contributed by atoms with E-state index >= 15 is 0 Å². The summed E-state index contributed by atoms with van der Waals surface area (Å²) in [6.45, 7) is 0. The van der Waals surface area contributed by atoms with Crippen LogP contribution in [0.15, 0.2) is 59.3 Å². The van der Waals surface area contributed by atoms with Crippen LogP contribution in [0, 0.1) is 11.6 Å². The van der Waals surface area contributed by atoms with Crippen LogP contribution in [0.2, 0.25) is 0 Å². The van der Waals surface area contributed by atoms with Crippen molar-refractivity contribution in [1.29, 1.82) is 0 Å². The van der Waals surface area contributed by atoms with Gasteiger partial charge < -0.3 is 0 Å². The predicted octanol–water partition coefficient (Wildman–Crippen LogP) is 9.42. The molecule has 0 bridgehead atoms. The van der Waals surface area contributed by atoms with Gasteiger partial charge in [-0.15, -0.1) is 0 Å². The van der Waals surface area contributed by atoms with Crippen LogP contribution in [0.1, 0.15) is 0 Å². The van der Waals surface area contributed by atoms with Gasteiger partial charge in [-0.25, -0.2) is 0 Å². The first kappa shape index (κ1) is 20.6. The summed E-state index contributed by atoms with van der Waals surface area (Å²) < 4.78 is 38.6. The van der Waals surface area contributed by atoms with Gasteiger partial charge in [0.05, 0.1) is 0 Å². The van der Waals surface area contributed by atoms with Crippen molar-refractivity contribution < 1.29 is 8.78 Å². The second kappa shape index (κ2) is 7.45. The zero-order valence-corrected chi connectivity index (χ0v) is 23.7. The minimum absolute atomic E-state index is 0.103. The number of thiophene rings is 4. The summed E-state index contributed by atoms with van der Waals surface area (Å²) in [6, 6.07) is 16.8. The topological polar surface area (TPSA) is 0 Å². The van der Waals surface area contributed by atoms with Gasteiger partial charge in [0.15, 0.2) is 0 Å². The third-order valence-electron chi connectivity index (χ3n) is 6.04. The molecule has 0 fully saturated rings. The van der Waals surface area contributed by atoms with E-state index in [1.165, 1.54) is 71.5 Å². The molecule has 6 aromatic heterocycles. The average Bonchev–Trinajstić information content (AvgIpc) is 3.63. The van der Waals surface area contributed by atoms with Crippen molar-refractivity contribution in [3.63, 3.8) is 0 Å². The van der Waals surface area contributed by atoms with E-state index in [2.05, 4.69) is 36.4 Å². The van der Waals surface area contributed by atoms with E-state index in [1.54, 1.807) is 12.1 Å². The molecule has 8 aromatic rings. The normalized spacial score (nSPS) is 12.4. The monoisotopic (exact) mass is 648 g/mol. The number of rotatable bonds is 2. The van der Waals surface area contributed by atoms with Gasteiger partial charge in [-0.2, -0.15) is 0 Å². The van der Waals surface area contributed by atoms with Crippen LogP contribution < -0.4 is 0 Å². The van der Waals surface area contributed by atoms with Crippen LogP contribution in [-0.2, 0) is 0 Å². The number of benzene rings is 2. The first-order chi connectivity index (χ1) is 16.6. The molecule has 0 amide bonds. The number of hydrogen-bond acceptors (Lipinski definition) is 4. The Kier molecular flexibility index (Phi) is 4.51. The van der Waals surface area contributed by atoms with Gasteiger partial charge in [0.1, 0.15) is 0 Å². The fraction of sp³-hybridized carbons (Fsp3) is 0. The standard InChI is InChI=1S/C26H10F2S4Se2/c27-15-1-3-29-25(15)21-7-11-5-17-13(9-19(11)33-21)23-24(31-17)14-10-20-12(6-18(14)32-23)8-22(34-20)26-16(28)2-4-30-26/h1-10H. The molecule has 0 aliphatic carbocycles. The summed E-state index contributed by atoms with van der Waals surface area (Å²) in [6.07, 6.45) is 0. The van der Waals surface area contributed by atoms with Crippen molar-refractivity contribution in [3.8, 4) is 18.6 Å². The minimum atomic E-state index is -0.103. The van der Waals surface area contributed by atoms with Gasteiger partial charge in [-0.05, 0) is 0 Å². The molecule has 0 aliphatic rings. The zero-order chi connectivity index (χ0) is 22.6. The number of halogens is 2. The van der Waals surface area contributed by atoms with Crippen molar-refractivity contribution in [1.82, 2.24) is 0 Å². The van der Waals surface area contributed by atoms with Crippen molar-refractivity contribution in [2.75, 3.05) is 0 Å². The summed E-state index contributed by atoms with van der Waals surface area (Å²) in [5.74, 6) is -0.207. The van der Waals surface area contributed by atoms with Crippen LogP contribution in [-0.4, -0.2) is 29.0 Å². The van der Waals surface area contributed by atoms with Gasteiger partial charge in [-0.1, -0.05) is 0 Å². The molecular weight excluding hydrogens is 636 g/mol. The summed E-state index contributed by atoms with van der Waals surface area (Å²) >= 11 is 6.96. The van der Waals surface area contributed by atoms with E-state index in [9.17, 15) is 8.78 Å². The molecule has 0 aliphatic heterocycles. The first-order valence-corrected chi connectivity index (χ1v) is 17.2. The zero-order valence-electron chi connectivity index (χ0n) is 17.0. The fourth-order valence-corrected chi connectivity index (χ4v) is 13.9. The van der Waals surface area contributed by atoms with E-state index in [0.29, 0.717) is 0 Å². The second-order valence-corrected chi connectivity index (χ2v) is 16.5.